The van der Waals surface area contributed by atoms with Crippen LogP contribution in [0.1, 0.15) is 22.7 Å². The van der Waals surface area contributed by atoms with E-state index in [1.54, 1.807) is 17.1 Å². The molecule has 112 valence electrons. The van der Waals surface area contributed by atoms with Gasteiger partial charge in [-0.05, 0) is 38.0 Å². The van der Waals surface area contributed by atoms with Crippen molar-refractivity contribution < 1.29 is 4.52 Å². The lowest BCUT2D eigenvalue weighted by Crippen LogP contribution is -1.97. The standard InChI is InChI=1S/C16H17N5O/c1-10-9-21(16(17)19-10)18-8-13-5-4-6-14(7-13)15-11(2)20-22-12(15)3/h4-9H,1-3H3,(H2,17,19). The molecule has 0 aliphatic carbocycles. The molecule has 0 aliphatic heterocycles. The lowest BCUT2D eigenvalue weighted by atomic mass is 10.0. The number of nitrogen functional groups attached to an aromatic ring is 1. The van der Waals surface area contributed by atoms with Crippen LogP contribution < -0.4 is 5.73 Å². The highest BCUT2D eigenvalue weighted by Gasteiger charge is 2.11. The van der Waals surface area contributed by atoms with Gasteiger partial charge >= 0.3 is 0 Å². The molecule has 0 aliphatic rings. The molecule has 0 atom stereocenters. The Bertz CT molecular complexity index is 825. The van der Waals surface area contributed by atoms with Gasteiger partial charge in [0.05, 0.1) is 23.8 Å². The number of rotatable bonds is 3. The van der Waals surface area contributed by atoms with E-state index in [-0.39, 0.29) is 0 Å². The summed E-state index contributed by atoms with van der Waals surface area (Å²) in [6, 6.07) is 8.02. The Morgan fingerprint density at radius 3 is 2.73 bits per heavy atom. The number of hydrogen-bond acceptors (Lipinski definition) is 5. The van der Waals surface area contributed by atoms with E-state index in [2.05, 4.69) is 15.2 Å². The second kappa shape index (κ2) is 5.48. The van der Waals surface area contributed by atoms with E-state index in [0.717, 1.165) is 33.8 Å². The first-order valence-corrected chi connectivity index (χ1v) is 6.93. The zero-order chi connectivity index (χ0) is 15.7. The van der Waals surface area contributed by atoms with E-state index < -0.39 is 0 Å². The molecule has 6 nitrogen and oxygen atoms in total. The molecule has 2 aromatic heterocycles. The molecule has 0 saturated heterocycles. The van der Waals surface area contributed by atoms with Crippen molar-refractivity contribution in [2.45, 2.75) is 20.8 Å². The molecule has 0 saturated carbocycles. The number of nitrogens with two attached hydrogens (primary N) is 1. The summed E-state index contributed by atoms with van der Waals surface area (Å²) < 4.78 is 6.78. The van der Waals surface area contributed by atoms with Gasteiger partial charge in [0.15, 0.2) is 0 Å². The van der Waals surface area contributed by atoms with Crippen LogP contribution >= 0.6 is 0 Å². The van der Waals surface area contributed by atoms with E-state index in [4.69, 9.17) is 10.3 Å². The Labute approximate surface area is 128 Å². The number of hydrogen-bond donors (Lipinski definition) is 1. The average Bonchev–Trinajstić information content (AvgIpc) is 2.99. The van der Waals surface area contributed by atoms with Gasteiger partial charge in [-0.15, -0.1) is 0 Å². The fourth-order valence-corrected chi connectivity index (χ4v) is 2.39. The minimum Gasteiger partial charge on any atom is -0.368 e. The van der Waals surface area contributed by atoms with Crippen LogP contribution in [0.15, 0.2) is 40.1 Å². The molecular weight excluding hydrogens is 278 g/mol. The quantitative estimate of drug-likeness (QED) is 0.753. The van der Waals surface area contributed by atoms with E-state index in [9.17, 15) is 0 Å². The van der Waals surface area contributed by atoms with Gasteiger partial charge in [0.2, 0.25) is 5.95 Å². The smallest absolute Gasteiger partial charge is 0.221 e. The maximum atomic E-state index is 5.77. The highest BCUT2D eigenvalue weighted by molar-refractivity contribution is 5.83. The van der Waals surface area contributed by atoms with Gasteiger partial charge in [-0.25, -0.2) is 9.66 Å². The maximum absolute atomic E-state index is 5.77. The van der Waals surface area contributed by atoms with Gasteiger partial charge in [-0.1, -0.05) is 23.4 Å². The molecule has 22 heavy (non-hydrogen) atoms. The number of aromatic nitrogens is 3. The Kier molecular flexibility index (Phi) is 3.50. The largest absolute Gasteiger partial charge is 0.368 e. The highest BCUT2D eigenvalue weighted by Crippen LogP contribution is 2.27. The van der Waals surface area contributed by atoms with Crippen LogP contribution in [-0.4, -0.2) is 21.0 Å². The van der Waals surface area contributed by atoms with Gasteiger partial charge in [0, 0.05) is 5.56 Å². The number of imidazole rings is 1. The lowest BCUT2D eigenvalue weighted by molar-refractivity contribution is 0.393. The molecule has 0 radical (unpaired) electrons. The minimum absolute atomic E-state index is 0.371. The second-order valence-corrected chi connectivity index (χ2v) is 5.15. The Morgan fingerprint density at radius 1 is 1.27 bits per heavy atom. The first kappa shape index (κ1) is 14.1. The van der Waals surface area contributed by atoms with E-state index in [0.29, 0.717) is 5.95 Å². The molecule has 2 heterocycles. The Morgan fingerprint density at radius 2 is 2.09 bits per heavy atom. The highest BCUT2D eigenvalue weighted by atomic mass is 16.5. The van der Waals surface area contributed by atoms with Gasteiger partial charge in [-0.2, -0.15) is 5.10 Å². The van der Waals surface area contributed by atoms with Gasteiger partial charge in [0.1, 0.15) is 5.76 Å². The van der Waals surface area contributed by atoms with Crippen LogP contribution in [0.5, 0.6) is 0 Å². The third kappa shape index (κ3) is 2.63. The molecule has 3 rings (SSSR count). The maximum Gasteiger partial charge on any atom is 0.221 e. The van der Waals surface area contributed by atoms with Crippen molar-refractivity contribution in [3.05, 3.63) is 53.2 Å². The normalized spacial score (nSPS) is 11.4. The van der Waals surface area contributed by atoms with Crippen molar-refractivity contribution in [3.8, 4) is 11.1 Å². The predicted molar refractivity (Wildman–Crippen MR) is 85.8 cm³/mol. The van der Waals surface area contributed by atoms with Crippen molar-refractivity contribution in [1.82, 2.24) is 14.8 Å². The van der Waals surface area contributed by atoms with Crippen molar-refractivity contribution in [1.29, 1.82) is 0 Å². The van der Waals surface area contributed by atoms with Crippen molar-refractivity contribution in [2.24, 2.45) is 5.10 Å². The molecule has 6 heteroatoms. The van der Waals surface area contributed by atoms with Crippen LogP contribution in [0.2, 0.25) is 0 Å². The summed E-state index contributed by atoms with van der Waals surface area (Å²) in [4.78, 5) is 4.11. The molecule has 1 aromatic carbocycles. The Balaban J connectivity index is 1.93. The van der Waals surface area contributed by atoms with Crippen molar-refractivity contribution in [3.63, 3.8) is 0 Å². The monoisotopic (exact) mass is 295 g/mol. The van der Waals surface area contributed by atoms with E-state index in [1.165, 1.54) is 0 Å². The Hall–Kier alpha value is -2.89. The lowest BCUT2D eigenvalue weighted by Gasteiger charge is -2.02. The summed E-state index contributed by atoms with van der Waals surface area (Å²) >= 11 is 0. The molecule has 3 aromatic rings. The minimum atomic E-state index is 0.371. The van der Waals surface area contributed by atoms with E-state index >= 15 is 0 Å². The van der Waals surface area contributed by atoms with Gasteiger partial charge in [0.25, 0.3) is 0 Å². The summed E-state index contributed by atoms with van der Waals surface area (Å²) in [7, 11) is 0. The first-order chi connectivity index (χ1) is 10.5. The third-order valence-electron chi connectivity index (χ3n) is 3.37. The molecule has 0 spiro atoms. The summed E-state index contributed by atoms with van der Waals surface area (Å²) in [5.74, 6) is 1.18. The zero-order valence-corrected chi connectivity index (χ0v) is 12.7. The molecule has 0 fully saturated rings. The number of nitrogens with zero attached hydrogens (tertiary/aromatic N) is 4. The van der Waals surface area contributed by atoms with Crippen molar-refractivity contribution in [2.75, 3.05) is 5.73 Å². The molecule has 0 unspecified atom stereocenters. The van der Waals surface area contributed by atoms with E-state index in [1.807, 2.05) is 45.0 Å². The van der Waals surface area contributed by atoms with Crippen LogP contribution in [-0.2, 0) is 0 Å². The van der Waals surface area contributed by atoms with Crippen LogP contribution in [0.3, 0.4) is 0 Å². The van der Waals surface area contributed by atoms with Crippen LogP contribution in [0.25, 0.3) is 11.1 Å². The van der Waals surface area contributed by atoms with Crippen molar-refractivity contribution >= 4 is 12.2 Å². The number of benzene rings is 1. The van der Waals surface area contributed by atoms with Gasteiger partial charge < -0.3 is 10.3 Å². The summed E-state index contributed by atoms with van der Waals surface area (Å²) in [5, 5.41) is 8.32. The predicted octanol–water partition coefficient (Wildman–Crippen LogP) is 2.93. The molecule has 2 N–H and O–H groups in total. The zero-order valence-electron chi connectivity index (χ0n) is 12.7. The average molecular weight is 295 g/mol. The fraction of sp³-hybridized carbons (Fsp3) is 0.188. The summed E-state index contributed by atoms with van der Waals surface area (Å²) in [5.41, 5.74) is 10.5. The van der Waals surface area contributed by atoms with Crippen LogP contribution in [0, 0.1) is 20.8 Å². The summed E-state index contributed by atoms with van der Waals surface area (Å²) in [6.07, 6.45) is 3.53. The second-order valence-electron chi connectivity index (χ2n) is 5.15. The van der Waals surface area contributed by atoms with Gasteiger partial charge in [-0.3, -0.25) is 0 Å². The fourth-order valence-electron chi connectivity index (χ4n) is 2.39. The number of anilines is 1. The molecule has 0 amide bonds. The SMILES string of the molecule is Cc1cn(N=Cc2cccc(-c3c(C)noc3C)c2)c(N)n1. The molecular formula is C16H17N5O. The van der Waals surface area contributed by atoms with Crippen LogP contribution in [0.4, 0.5) is 5.95 Å². The first-order valence-electron chi connectivity index (χ1n) is 6.93. The topological polar surface area (TPSA) is 82.2 Å². The molecule has 0 bridgehead atoms. The number of aryl methyl sites for hydroxylation is 3. The third-order valence-corrected chi connectivity index (χ3v) is 3.37. The summed E-state index contributed by atoms with van der Waals surface area (Å²) in [6.45, 7) is 5.72.